The highest BCUT2D eigenvalue weighted by atomic mass is 19.1. The molecule has 1 unspecified atom stereocenters. The van der Waals surface area contributed by atoms with Gasteiger partial charge in [0, 0.05) is 28.1 Å². The first-order valence-electron chi connectivity index (χ1n) is 14.4. The summed E-state index contributed by atoms with van der Waals surface area (Å²) in [6.07, 6.45) is -0.228. The van der Waals surface area contributed by atoms with E-state index in [1.54, 1.807) is 38.1 Å². The summed E-state index contributed by atoms with van der Waals surface area (Å²) in [5.41, 5.74) is -6.98. The lowest BCUT2D eigenvalue weighted by Crippen LogP contribution is -2.71. The number of ketones is 1. The van der Waals surface area contributed by atoms with Gasteiger partial charge >= 0.3 is 11.9 Å². The lowest BCUT2D eigenvalue weighted by atomic mass is 9.44. The Balaban J connectivity index is 1.45. The minimum Gasteiger partial charge on any atom is -0.447 e. The van der Waals surface area contributed by atoms with E-state index >= 15 is 8.78 Å². The van der Waals surface area contributed by atoms with E-state index in [1.807, 2.05) is 12.1 Å². The molecule has 0 amide bonds. The summed E-state index contributed by atoms with van der Waals surface area (Å²) in [5, 5.41) is 21.6. The Labute approximate surface area is 247 Å². The zero-order chi connectivity index (χ0) is 30.9. The summed E-state index contributed by atoms with van der Waals surface area (Å²) in [6, 6.07) is 12.1. The highest BCUT2D eigenvalue weighted by molar-refractivity contribution is 6.01. The van der Waals surface area contributed by atoms with Crippen LogP contribution in [0.3, 0.4) is 0 Å². The number of aromatic nitrogens is 1. The molecule has 9 atom stereocenters. The smallest absolute Gasteiger partial charge is 0.358 e. The van der Waals surface area contributed by atoms with Crippen molar-refractivity contribution in [1.82, 2.24) is 4.98 Å². The van der Waals surface area contributed by atoms with Crippen LogP contribution in [0.5, 0.6) is 0 Å². The molecule has 1 N–H and O–H groups in total. The van der Waals surface area contributed by atoms with Gasteiger partial charge < -0.3 is 14.6 Å². The van der Waals surface area contributed by atoms with E-state index in [-0.39, 0.29) is 30.5 Å². The largest absolute Gasteiger partial charge is 0.447 e. The second-order valence-electron chi connectivity index (χ2n) is 12.7. The van der Waals surface area contributed by atoms with Gasteiger partial charge in [-0.1, -0.05) is 44.2 Å². The van der Waals surface area contributed by atoms with E-state index in [0.29, 0.717) is 5.52 Å². The fourth-order valence-electron chi connectivity index (χ4n) is 8.80. The summed E-state index contributed by atoms with van der Waals surface area (Å²) >= 11 is 0. The molecule has 0 saturated heterocycles. The van der Waals surface area contributed by atoms with E-state index < -0.39 is 76.5 Å². The van der Waals surface area contributed by atoms with Gasteiger partial charge in [0.1, 0.15) is 17.9 Å². The van der Waals surface area contributed by atoms with Crippen LogP contribution in [0.1, 0.15) is 50.5 Å². The number of hydrogen-bond donors (Lipinski definition) is 1. The Hall–Kier alpha value is -3.97. The normalized spacial score (nSPS) is 39.6. The first-order chi connectivity index (χ1) is 20.3. The number of carbonyl (C=O) groups excluding carboxylic acids is 3. The maximum absolute atomic E-state index is 17.6. The number of aliphatic hydroxyl groups is 1. The number of carbonyl (C=O) groups is 3. The topological polar surface area (TPSA) is 127 Å². The van der Waals surface area contributed by atoms with Gasteiger partial charge in [-0.2, -0.15) is 5.26 Å². The van der Waals surface area contributed by atoms with E-state index in [1.165, 1.54) is 25.1 Å². The van der Waals surface area contributed by atoms with Gasteiger partial charge in [-0.05, 0) is 62.0 Å². The van der Waals surface area contributed by atoms with Crippen molar-refractivity contribution in [2.45, 2.75) is 63.6 Å². The molecule has 4 aliphatic rings. The van der Waals surface area contributed by atoms with Crippen molar-refractivity contribution in [2.24, 2.45) is 28.6 Å². The average Bonchev–Trinajstić information content (AvgIpc) is 3.20. The molecule has 4 aliphatic carbocycles. The van der Waals surface area contributed by atoms with Gasteiger partial charge in [0.05, 0.1) is 11.6 Å². The molecule has 0 radical (unpaired) electrons. The van der Waals surface area contributed by atoms with E-state index in [0.717, 1.165) is 11.5 Å². The maximum Gasteiger partial charge on any atom is 0.358 e. The van der Waals surface area contributed by atoms with Crippen LogP contribution in [-0.4, -0.2) is 58.0 Å². The van der Waals surface area contributed by atoms with E-state index in [4.69, 9.17) is 14.7 Å². The van der Waals surface area contributed by atoms with Crippen molar-refractivity contribution in [3.8, 4) is 6.07 Å². The van der Waals surface area contributed by atoms with Gasteiger partial charge in [0.2, 0.25) is 5.60 Å². The second-order valence-corrected chi connectivity index (χ2v) is 12.7. The number of allylic oxidation sites excluding steroid dienone is 4. The molecule has 1 aromatic heterocycles. The number of rotatable bonds is 4. The highest BCUT2D eigenvalue weighted by Gasteiger charge is 2.78. The molecule has 2 aromatic rings. The number of halogens is 2. The Morgan fingerprint density at radius 2 is 1.91 bits per heavy atom. The molecule has 3 saturated carbocycles. The van der Waals surface area contributed by atoms with Crippen molar-refractivity contribution in [2.75, 3.05) is 6.61 Å². The van der Waals surface area contributed by atoms with Gasteiger partial charge in [-0.25, -0.2) is 23.4 Å². The first kappa shape index (κ1) is 29.1. The minimum absolute atomic E-state index is 0.0130. The SMILES string of the molecule is C[C@@H]1C[C@H]2[C@@H]3C[C@H](F)C4=CC(=O)C=C[C@]4(C)C3(F)[C@@H](O)C[C@]2(C)[C@@]1(OC(=O)c1ccc2ccccc2n1)C(=O)OCC#N. The average molecular weight is 591 g/mol. The third-order valence-corrected chi connectivity index (χ3v) is 10.8. The molecule has 3 fully saturated rings. The Morgan fingerprint density at radius 1 is 1.16 bits per heavy atom. The summed E-state index contributed by atoms with van der Waals surface area (Å²) < 4.78 is 44.9. The third-order valence-electron chi connectivity index (χ3n) is 10.8. The van der Waals surface area contributed by atoms with Gasteiger partial charge in [-0.3, -0.25) is 4.79 Å². The zero-order valence-corrected chi connectivity index (χ0v) is 24.1. The van der Waals surface area contributed by atoms with Gasteiger partial charge in [-0.15, -0.1) is 0 Å². The van der Waals surface area contributed by atoms with Crippen molar-refractivity contribution in [3.63, 3.8) is 0 Å². The maximum atomic E-state index is 17.6. The minimum atomic E-state index is -2.38. The molecular weight excluding hydrogens is 558 g/mol. The molecule has 224 valence electrons. The lowest BCUT2D eigenvalue weighted by molar-refractivity contribution is -0.230. The molecule has 1 heterocycles. The number of pyridine rings is 1. The van der Waals surface area contributed by atoms with E-state index in [9.17, 15) is 19.5 Å². The molecule has 0 bridgehead atoms. The van der Waals surface area contributed by atoms with Crippen molar-refractivity contribution >= 4 is 28.6 Å². The number of benzene rings is 1. The number of alkyl halides is 2. The highest BCUT2D eigenvalue weighted by Crippen LogP contribution is 2.71. The predicted octanol–water partition coefficient (Wildman–Crippen LogP) is 4.76. The number of ether oxygens (including phenoxy) is 2. The van der Waals surface area contributed by atoms with Crippen LogP contribution in [0.2, 0.25) is 0 Å². The molecule has 0 spiro atoms. The van der Waals surface area contributed by atoms with Crippen molar-refractivity contribution in [3.05, 3.63) is 65.9 Å². The van der Waals surface area contributed by atoms with Crippen LogP contribution in [-0.2, 0) is 19.1 Å². The Kier molecular flexibility index (Phi) is 6.62. The summed E-state index contributed by atoms with van der Waals surface area (Å²) in [7, 11) is 0. The molecule has 1 aromatic carbocycles. The summed E-state index contributed by atoms with van der Waals surface area (Å²) in [4.78, 5) is 44.2. The molecule has 0 aliphatic heterocycles. The molecule has 8 nitrogen and oxygen atoms in total. The number of esters is 2. The fourth-order valence-corrected chi connectivity index (χ4v) is 8.80. The number of aliphatic hydroxyl groups excluding tert-OH is 1. The number of nitrogens with zero attached hydrogens (tertiary/aromatic N) is 2. The quantitative estimate of drug-likeness (QED) is 0.505. The molecule has 43 heavy (non-hydrogen) atoms. The Bertz CT molecular complexity index is 1650. The number of hydrogen-bond acceptors (Lipinski definition) is 8. The molecule has 10 heteroatoms. The third kappa shape index (κ3) is 3.80. The van der Waals surface area contributed by atoms with Crippen LogP contribution < -0.4 is 0 Å². The molecular formula is C33H32F2N2O6. The predicted molar refractivity (Wildman–Crippen MR) is 150 cm³/mol. The van der Waals surface area contributed by atoms with E-state index in [2.05, 4.69) is 4.98 Å². The first-order valence-corrected chi connectivity index (χ1v) is 14.4. The monoisotopic (exact) mass is 590 g/mol. The summed E-state index contributed by atoms with van der Waals surface area (Å²) in [6.45, 7) is 4.19. The fraction of sp³-hybridized carbons (Fsp3) is 0.485. The van der Waals surface area contributed by atoms with Crippen LogP contribution >= 0.6 is 0 Å². The standard InChI is InChI=1S/C33H32F2N2O6/c1-18-14-21-22-16-24(34)23-15-20(38)10-11-30(23,2)32(22,35)27(39)17-31(21,3)33(18,29(41)42-13-12-36)43-28(40)26-9-8-19-6-4-5-7-25(19)37-26/h4-11,15,18,21-22,24,27,39H,13-14,16-17H2,1-3H3/t18-,21+,22+,24+,27+,30+,31+,32?,33+/m1/s1. The second kappa shape index (κ2) is 9.78. The van der Waals surface area contributed by atoms with Gasteiger partial charge in [0.15, 0.2) is 18.1 Å². The van der Waals surface area contributed by atoms with Crippen LogP contribution in [0.25, 0.3) is 10.9 Å². The van der Waals surface area contributed by atoms with Crippen molar-refractivity contribution < 1.29 is 37.7 Å². The number of fused-ring (bicyclic) bond motifs is 6. The van der Waals surface area contributed by atoms with Crippen LogP contribution in [0.15, 0.2) is 60.2 Å². The van der Waals surface area contributed by atoms with Crippen LogP contribution in [0, 0.1) is 39.9 Å². The molecule has 6 rings (SSSR count). The zero-order valence-electron chi connectivity index (χ0n) is 24.1. The van der Waals surface area contributed by atoms with Crippen LogP contribution in [0.4, 0.5) is 8.78 Å². The lowest BCUT2D eigenvalue weighted by Gasteiger charge is -2.63. The summed E-state index contributed by atoms with van der Waals surface area (Å²) in [5.74, 6) is -4.93. The van der Waals surface area contributed by atoms with Gasteiger partial charge in [0.25, 0.3) is 0 Å². The van der Waals surface area contributed by atoms with Crippen molar-refractivity contribution in [1.29, 1.82) is 5.26 Å². The number of para-hydroxylation sites is 1. The number of nitriles is 1. The Morgan fingerprint density at radius 3 is 2.65 bits per heavy atom.